The van der Waals surface area contributed by atoms with Gasteiger partial charge in [0.2, 0.25) is 0 Å². The quantitative estimate of drug-likeness (QED) is 0.677. The molecule has 0 amide bonds. The summed E-state index contributed by atoms with van der Waals surface area (Å²) in [6.07, 6.45) is 0. The fourth-order valence-electron chi connectivity index (χ4n) is 2.07. The van der Waals surface area contributed by atoms with E-state index in [4.69, 9.17) is 9.05 Å². The third-order valence-electron chi connectivity index (χ3n) is 3.20. The van der Waals surface area contributed by atoms with Gasteiger partial charge in [0.05, 0.1) is 0 Å². The molecule has 0 aliphatic rings. The molecule has 116 valence electrons. The van der Waals surface area contributed by atoms with Crippen molar-refractivity contribution >= 4 is 8.25 Å². The molecular weight excluding hydrogens is 311 g/mol. The van der Waals surface area contributed by atoms with Crippen LogP contribution in [0.25, 0.3) is 11.1 Å². The number of rotatable bonds is 5. The summed E-state index contributed by atoms with van der Waals surface area (Å²) in [5.41, 5.74) is 1.95. The highest BCUT2D eigenvalue weighted by Gasteiger charge is 2.05. The molecule has 0 bridgehead atoms. The molecule has 0 aromatic heterocycles. The van der Waals surface area contributed by atoms with Gasteiger partial charge in [-0.1, -0.05) is 42.5 Å². The van der Waals surface area contributed by atoms with Crippen LogP contribution in [0.4, 0.5) is 0 Å². The topological polar surface area (TPSA) is 55.8 Å². The molecule has 1 unspecified atom stereocenters. The molecule has 3 aromatic carbocycles. The SMILES string of the molecule is O=[PH](Oc1ccccc1)Oc1ccc(-c2ccc(O)cc2)cc1. The molecule has 1 N–H and O–H groups in total. The van der Waals surface area contributed by atoms with E-state index < -0.39 is 8.25 Å². The molecule has 0 fully saturated rings. The van der Waals surface area contributed by atoms with Crippen LogP contribution >= 0.6 is 8.25 Å². The van der Waals surface area contributed by atoms with Crippen molar-refractivity contribution in [1.29, 1.82) is 0 Å². The van der Waals surface area contributed by atoms with Crippen molar-refractivity contribution in [3.63, 3.8) is 0 Å². The second-order valence-electron chi connectivity index (χ2n) is 4.84. The number of hydrogen-bond donors (Lipinski definition) is 1. The van der Waals surface area contributed by atoms with Crippen LogP contribution in [0.5, 0.6) is 17.2 Å². The maximum Gasteiger partial charge on any atom is 0.418 e. The molecule has 0 heterocycles. The van der Waals surface area contributed by atoms with Gasteiger partial charge in [-0.25, -0.2) is 4.57 Å². The Hall–Kier alpha value is -2.71. The van der Waals surface area contributed by atoms with E-state index in [-0.39, 0.29) is 5.75 Å². The maximum absolute atomic E-state index is 11.9. The highest BCUT2D eigenvalue weighted by Crippen LogP contribution is 2.31. The summed E-state index contributed by atoms with van der Waals surface area (Å²) in [5.74, 6) is 1.22. The Labute approximate surface area is 134 Å². The predicted octanol–water partition coefficient (Wildman–Crippen LogP) is 4.91. The zero-order chi connectivity index (χ0) is 16.1. The van der Waals surface area contributed by atoms with Crippen molar-refractivity contribution in [2.24, 2.45) is 0 Å². The first-order valence-electron chi connectivity index (χ1n) is 7.05. The first kappa shape index (κ1) is 15.2. The third-order valence-corrected chi connectivity index (χ3v) is 4.01. The summed E-state index contributed by atoms with van der Waals surface area (Å²) in [5, 5.41) is 9.30. The highest BCUT2D eigenvalue weighted by atomic mass is 31.1. The number of aromatic hydroxyl groups is 1. The number of para-hydroxylation sites is 1. The van der Waals surface area contributed by atoms with Gasteiger partial charge in [-0.05, 0) is 47.5 Å². The van der Waals surface area contributed by atoms with Gasteiger partial charge in [-0.15, -0.1) is 0 Å². The second kappa shape index (κ2) is 7.03. The monoisotopic (exact) mass is 326 g/mol. The minimum atomic E-state index is -2.66. The van der Waals surface area contributed by atoms with Gasteiger partial charge < -0.3 is 14.2 Å². The molecule has 0 saturated heterocycles. The lowest BCUT2D eigenvalue weighted by atomic mass is 10.1. The Morgan fingerprint density at radius 3 is 1.70 bits per heavy atom. The van der Waals surface area contributed by atoms with Gasteiger partial charge in [0.15, 0.2) is 0 Å². The van der Waals surface area contributed by atoms with E-state index in [1.807, 2.05) is 30.3 Å². The minimum absolute atomic E-state index is 0.227. The summed E-state index contributed by atoms with van der Waals surface area (Å²) in [6, 6.07) is 23.0. The van der Waals surface area contributed by atoms with E-state index in [1.165, 1.54) is 0 Å². The lowest BCUT2D eigenvalue weighted by molar-refractivity contribution is 0.415. The molecule has 0 radical (unpaired) electrons. The number of phenolic OH excluding ortho intramolecular Hbond substituents is 1. The number of benzene rings is 3. The van der Waals surface area contributed by atoms with Crippen molar-refractivity contribution in [3.05, 3.63) is 78.9 Å². The molecule has 0 aliphatic carbocycles. The van der Waals surface area contributed by atoms with Crippen LogP contribution in [-0.2, 0) is 4.57 Å². The third kappa shape index (κ3) is 4.15. The molecule has 5 heteroatoms. The predicted molar refractivity (Wildman–Crippen MR) is 90.2 cm³/mol. The van der Waals surface area contributed by atoms with Crippen LogP contribution in [0.15, 0.2) is 78.9 Å². The van der Waals surface area contributed by atoms with Gasteiger partial charge >= 0.3 is 8.25 Å². The summed E-state index contributed by atoms with van der Waals surface area (Å²) in [6.45, 7) is 0. The molecule has 0 spiro atoms. The van der Waals surface area contributed by atoms with Crippen molar-refractivity contribution in [3.8, 4) is 28.4 Å². The summed E-state index contributed by atoms with van der Waals surface area (Å²) < 4.78 is 22.4. The molecule has 0 saturated carbocycles. The average Bonchev–Trinajstić information content (AvgIpc) is 2.57. The zero-order valence-electron chi connectivity index (χ0n) is 12.2. The van der Waals surface area contributed by atoms with Crippen molar-refractivity contribution < 1.29 is 18.7 Å². The van der Waals surface area contributed by atoms with Crippen molar-refractivity contribution in [2.45, 2.75) is 0 Å². The molecule has 3 rings (SSSR count). The molecular formula is C18H15O4P. The van der Waals surface area contributed by atoms with Gasteiger partial charge in [0.1, 0.15) is 17.2 Å². The van der Waals surface area contributed by atoms with Gasteiger partial charge in [-0.2, -0.15) is 0 Å². The van der Waals surface area contributed by atoms with E-state index >= 15 is 0 Å². The van der Waals surface area contributed by atoms with E-state index in [0.717, 1.165) is 11.1 Å². The molecule has 3 aromatic rings. The Bertz CT molecular complexity index is 784. The van der Waals surface area contributed by atoms with E-state index in [9.17, 15) is 9.67 Å². The second-order valence-corrected chi connectivity index (χ2v) is 5.75. The minimum Gasteiger partial charge on any atom is -0.508 e. The molecule has 23 heavy (non-hydrogen) atoms. The first-order chi connectivity index (χ1) is 11.2. The largest absolute Gasteiger partial charge is 0.508 e. The summed E-state index contributed by atoms with van der Waals surface area (Å²) in [7, 11) is -2.66. The smallest absolute Gasteiger partial charge is 0.418 e. The lowest BCUT2D eigenvalue weighted by Crippen LogP contribution is -1.88. The van der Waals surface area contributed by atoms with Crippen LogP contribution in [0.3, 0.4) is 0 Å². The highest BCUT2D eigenvalue weighted by molar-refractivity contribution is 7.34. The van der Waals surface area contributed by atoms with Gasteiger partial charge in [0, 0.05) is 0 Å². The van der Waals surface area contributed by atoms with Crippen molar-refractivity contribution in [1.82, 2.24) is 0 Å². The fourth-order valence-corrected chi connectivity index (χ4v) is 2.77. The molecule has 1 atom stereocenters. The van der Waals surface area contributed by atoms with Crippen LogP contribution in [0, 0.1) is 0 Å². The average molecular weight is 326 g/mol. The fraction of sp³-hybridized carbons (Fsp3) is 0. The molecule has 4 nitrogen and oxygen atoms in total. The number of hydrogen-bond acceptors (Lipinski definition) is 4. The van der Waals surface area contributed by atoms with Crippen LogP contribution in [-0.4, -0.2) is 5.11 Å². The lowest BCUT2D eigenvalue weighted by Gasteiger charge is -2.08. The summed E-state index contributed by atoms with van der Waals surface area (Å²) in [4.78, 5) is 0. The van der Waals surface area contributed by atoms with Crippen LogP contribution in [0.1, 0.15) is 0 Å². The van der Waals surface area contributed by atoms with Crippen LogP contribution in [0.2, 0.25) is 0 Å². The Morgan fingerprint density at radius 2 is 1.13 bits per heavy atom. The van der Waals surface area contributed by atoms with E-state index in [2.05, 4.69) is 0 Å². The maximum atomic E-state index is 11.9. The Kier molecular flexibility index (Phi) is 4.65. The normalized spacial score (nSPS) is 11.7. The van der Waals surface area contributed by atoms with Gasteiger partial charge in [0.25, 0.3) is 0 Å². The Morgan fingerprint density at radius 1 is 0.652 bits per heavy atom. The van der Waals surface area contributed by atoms with Crippen molar-refractivity contribution in [2.75, 3.05) is 0 Å². The van der Waals surface area contributed by atoms with Gasteiger partial charge in [-0.3, -0.25) is 0 Å². The molecule has 0 aliphatic heterocycles. The van der Waals surface area contributed by atoms with E-state index in [0.29, 0.717) is 11.5 Å². The first-order valence-corrected chi connectivity index (χ1v) is 8.27. The zero-order valence-corrected chi connectivity index (χ0v) is 13.2. The van der Waals surface area contributed by atoms with Crippen LogP contribution < -0.4 is 9.05 Å². The Balaban J connectivity index is 1.65. The number of phenols is 1. The standard InChI is InChI=1S/C18H15O4P/c19-16-10-6-14(7-11-16)15-8-12-18(13-9-15)22-23(20)21-17-4-2-1-3-5-17/h1-13,19,23H. The van der Waals surface area contributed by atoms with E-state index in [1.54, 1.807) is 48.5 Å². The summed E-state index contributed by atoms with van der Waals surface area (Å²) >= 11 is 0.